The van der Waals surface area contributed by atoms with E-state index in [-0.39, 0.29) is 0 Å². The van der Waals surface area contributed by atoms with Crippen LogP contribution >= 0.6 is 0 Å². The van der Waals surface area contributed by atoms with Gasteiger partial charge in [-0.1, -0.05) is 6.42 Å². The molecule has 106 valence electrons. The monoisotopic (exact) mass is 264 g/mol. The third kappa shape index (κ3) is 3.19. The van der Waals surface area contributed by atoms with Crippen molar-refractivity contribution in [2.45, 2.75) is 25.8 Å². The minimum absolute atomic E-state index is 0.325. The molecule has 0 aliphatic heterocycles. The second-order valence-corrected chi connectivity index (χ2v) is 5.34. The Morgan fingerprint density at radius 1 is 1.26 bits per heavy atom. The smallest absolute Gasteiger partial charge is 0.123 e. The van der Waals surface area contributed by atoms with E-state index in [1.807, 2.05) is 18.2 Å². The minimum Gasteiger partial charge on any atom is -0.497 e. The van der Waals surface area contributed by atoms with E-state index in [2.05, 4.69) is 5.32 Å². The predicted molar refractivity (Wildman–Crippen MR) is 76.6 cm³/mol. The van der Waals surface area contributed by atoms with Crippen molar-refractivity contribution in [2.75, 3.05) is 27.3 Å². The van der Waals surface area contributed by atoms with Gasteiger partial charge in [0.25, 0.3) is 0 Å². The van der Waals surface area contributed by atoms with Gasteiger partial charge in [-0.2, -0.15) is 0 Å². The van der Waals surface area contributed by atoms with Crippen LogP contribution in [0.4, 0.5) is 0 Å². The molecular weight excluding hydrogens is 240 g/mol. The van der Waals surface area contributed by atoms with E-state index in [1.54, 1.807) is 14.2 Å². The SMILES string of the molecule is COc1ccc(OC)c(CNCC2(CN)CCC2)c1. The van der Waals surface area contributed by atoms with Crippen LogP contribution in [0.1, 0.15) is 24.8 Å². The van der Waals surface area contributed by atoms with Gasteiger partial charge in [-0.15, -0.1) is 0 Å². The largest absolute Gasteiger partial charge is 0.497 e. The zero-order chi connectivity index (χ0) is 13.7. The summed E-state index contributed by atoms with van der Waals surface area (Å²) in [6.45, 7) is 2.53. The second kappa shape index (κ2) is 6.26. The van der Waals surface area contributed by atoms with Crippen LogP contribution in [-0.4, -0.2) is 27.3 Å². The molecule has 0 heterocycles. The lowest BCUT2D eigenvalue weighted by molar-refractivity contribution is 0.140. The Morgan fingerprint density at radius 2 is 2.05 bits per heavy atom. The normalized spacial score (nSPS) is 16.8. The lowest BCUT2D eigenvalue weighted by Crippen LogP contribution is -2.45. The number of nitrogens with two attached hydrogens (primary N) is 1. The average Bonchev–Trinajstić information content (AvgIpc) is 2.41. The lowest BCUT2D eigenvalue weighted by Gasteiger charge is -2.41. The molecule has 0 bridgehead atoms. The standard InChI is InChI=1S/C15H24N2O2/c1-18-13-4-5-14(19-2)12(8-13)9-17-11-15(10-16)6-3-7-15/h4-5,8,17H,3,6-7,9-11,16H2,1-2H3. The first-order chi connectivity index (χ1) is 9.23. The van der Waals surface area contributed by atoms with Gasteiger partial charge in [0.1, 0.15) is 11.5 Å². The third-order valence-corrected chi connectivity index (χ3v) is 4.15. The number of nitrogens with one attached hydrogen (secondary N) is 1. The predicted octanol–water partition coefficient (Wildman–Crippen LogP) is 1.92. The zero-order valence-corrected chi connectivity index (χ0v) is 11.9. The Bertz CT molecular complexity index is 411. The molecular formula is C15H24N2O2. The second-order valence-electron chi connectivity index (χ2n) is 5.34. The highest BCUT2D eigenvalue weighted by atomic mass is 16.5. The maximum atomic E-state index is 5.87. The van der Waals surface area contributed by atoms with Crippen LogP contribution in [0.3, 0.4) is 0 Å². The zero-order valence-electron chi connectivity index (χ0n) is 11.9. The molecule has 0 amide bonds. The van der Waals surface area contributed by atoms with E-state index in [4.69, 9.17) is 15.2 Å². The highest BCUT2D eigenvalue weighted by Gasteiger charge is 2.34. The molecule has 1 saturated carbocycles. The van der Waals surface area contributed by atoms with Crippen LogP contribution in [0.5, 0.6) is 11.5 Å². The molecule has 0 radical (unpaired) electrons. The van der Waals surface area contributed by atoms with Crippen molar-refractivity contribution in [1.82, 2.24) is 5.32 Å². The summed E-state index contributed by atoms with van der Waals surface area (Å²) < 4.78 is 10.6. The summed E-state index contributed by atoms with van der Waals surface area (Å²) in [6.07, 6.45) is 3.79. The van der Waals surface area contributed by atoms with Gasteiger partial charge >= 0.3 is 0 Å². The van der Waals surface area contributed by atoms with Crippen LogP contribution < -0.4 is 20.5 Å². The number of hydrogen-bond acceptors (Lipinski definition) is 4. The maximum absolute atomic E-state index is 5.87. The molecule has 1 aromatic rings. The molecule has 4 nitrogen and oxygen atoms in total. The number of benzene rings is 1. The van der Waals surface area contributed by atoms with Gasteiger partial charge in [-0.25, -0.2) is 0 Å². The number of rotatable bonds is 7. The summed E-state index contributed by atoms with van der Waals surface area (Å²) in [6, 6.07) is 5.87. The molecule has 0 spiro atoms. The molecule has 0 unspecified atom stereocenters. The Kier molecular flexibility index (Phi) is 4.66. The van der Waals surface area contributed by atoms with E-state index in [9.17, 15) is 0 Å². The van der Waals surface area contributed by atoms with Gasteiger partial charge in [-0.3, -0.25) is 0 Å². The van der Waals surface area contributed by atoms with Crippen LogP contribution in [0.15, 0.2) is 18.2 Å². The first-order valence-electron chi connectivity index (χ1n) is 6.85. The van der Waals surface area contributed by atoms with E-state index >= 15 is 0 Å². The fourth-order valence-electron chi connectivity index (χ4n) is 2.61. The fraction of sp³-hybridized carbons (Fsp3) is 0.600. The molecule has 4 heteroatoms. The number of methoxy groups -OCH3 is 2. The average molecular weight is 264 g/mol. The highest BCUT2D eigenvalue weighted by Crippen LogP contribution is 2.39. The number of hydrogen-bond donors (Lipinski definition) is 2. The Labute approximate surface area is 115 Å². The van der Waals surface area contributed by atoms with Gasteiger partial charge in [0.05, 0.1) is 14.2 Å². The van der Waals surface area contributed by atoms with E-state index in [0.717, 1.165) is 36.7 Å². The topological polar surface area (TPSA) is 56.5 Å². The van der Waals surface area contributed by atoms with Crippen molar-refractivity contribution < 1.29 is 9.47 Å². The van der Waals surface area contributed by atoms with Gasteiger partial charge in [0.2, 0.25) is 0 Å². The molecule has 19 heavy (non-hydrogen) atoms. The Morgan fingerprint density at radius 3 is 2.58 bits per heavy atom. The van der Waals surface area contributed by atoms with Crippen LogP contribution in [0, 0.1) is 5.41 Å². The van der Waals surface area contributed by atoms with Gasteiger partial charge in [0.15, 0.2) is 0 Å². The summed E-state index contributed by atoms with van der Waals surface area (Å²) in [4.78, 5) is 0. The van der Waals surface area contributed by atoms with E-state index < -0.39 is 0 Å². The van der Waals surface area contributed by atoms with E-state index in [1.165, 1.54) is 19.3 Å². The summed E-state index contributed by atoms with van der Waals surface area (Å²) in [7, 11) is 3.37. The molecule has 1 aliphatic rings. The van der Waals surface area contributed by atoms with E-state index in [0.29, 0.717) is 5.41 Å². The van der Waals surface area contributed by atoms with Crippen LogP contribution in [0.25, 0.3) is 0 Å². The molecule has 0 saturated heterocycles. The molecule has 0 atom stereocenters. The van der Waals surface area contributed by atoms with Crippen molar-refractivity contribution in [2.24, 2.45) is 11.1 Å². The minimum atomic E-state index is 0.325. The molecule has 0 aromatic heterocycles. The van der Waals surface area contributed by atoms with Gasteiger partial charge in [-0.05, 0) is 43.0 Å². The summed E-state index contributed by atoms with van der Waals surface area (Å²) in [5.74, 6) is 1.75. The third-order valence-electron chi connectivity index (χ3n) is 4.15. The van der Waals surface area contributed by atoms with Crippen LogP contribution in [-0.2, 0) is 6.54 Å². The van der Waals surface area contributed by atoms with Crippen molar-refractivity contribution in [3.63, 3.8) is 0 Å². The molecule has 1 fully saturated rings. The summed E-state index contributed by atoms with van der Waals surface area (Å²) >= 11 is 0. The fourth-order valence-corrected chi connectivity index (χ4v) is 2.61. The van der Waals surface area contributed by atoms with Crippen molar-refractivity contribution >= 4 is 0 Å². The van der Waals surface area contributed by atoms with Crippen molar-refractivity contribution in [3.05, 3.63) is 23.8 Å². The quantitative estimate of drug-likeness (QED) is 0.790. The molecule has 1 aromatic carbocycles. The Hall–Kier alpha value is -1.26. The first kappa shape index (κ1) is 14.2. The van der Waals surface area contributed by atoms with Crippen molar-refractivity contribution in [3.8, 4) is 11.5 Å². The highest BCUT2D eigenvalue weighted by molar-refractivity contribution is 5.40. The molecule has 1 aliphatic carbocycles. The Balaban J connectivity index is 1.94. The van der Waals surface area contributed by atoms with Crippen LogP contribution in [0.2, 0.25) is 0 Å². The molecule has 2 rings (SSSR count). The van der Waals surface area contributed by atoms with Crippen molar-refractivity contribution in [1.29, 1.82) is 0 Å². The number of ether oxygens (including phenoxy) is 2. The maximum Gasteiger partial charge on any atom is 0.123 e. The summed E-state index contributed by atoms with van der Waals surface area (Å²) in [5, 5.41) is 3.51. The van der Waals surface area contributed by atoms with Gasteiger partial charge in [0, 0.05) is 18.7 Å². The lowest BCUT2D eigenvalue weighted by atomic mass is 9.69. The summed E-state index contributed by atoms with van der Waals surface area (Å²) in [5.41, 5.74) is 7.31. The van der Waals surface area contributed by atoms with Gasteiger partial charge < -0.3 is 20.5 Å². The molecule has 3 N–H and O–H groups in total. The first-order valence-corrected chi connectivity index (χ1v) is 6.85.